The molecule has 4 heteroatoms. The number of rotatable bonds is 3. The Labute approximate surface area is 122 Å². The Bertz CT molecular complexity index is 826. The monoisotopic (exact) mass is 279 g/mol. The summed E-state index contributed by atoms with van der Waals surface area (Å²) in [5, 5.41) is 8.97. The third-order valence-corrected chi connectivity index (χ3v) is 3.55. The molecule has 2 aromatic carbocycles. The van der Waals surface area contributed by atoms with Crippen molar-refractivity contribution < 1.29 is 4.39 Å². The van der Waals surface area contributed by atoms with E-state index in [4.69, 9.17) is 5.26 Å². The lowest BCUT2D eigenvalue weighted by Crippen LogP contribution is -2.02. The molecule has 0 aliphatic rings. The molecule has 0 N–H and O–H groups in total. The number of nitrogens with zero attached hydrogens (tertiary/aromatic N) is 3. The van der Waals surface area contributed by atoms with E-state index in [1.807, 2.05) is 6.07 Å². The van der Waals surface area contributed by atoms with E-state index in [1.165, 1.54) is 12.1 Å². The number of benzene rings is 2. The molecule has 0 bridgehead atoms. The number of hydrogen-bond donors (Lipinski definition) is 0. The van der Waals surface area contributed by atoms with E-state index in [2.05, 4.69) is 22.5 Å². The van der Waals surface area contributed by atoms with Crippen LogP contribution in [0.25, 0.3) is 11.0 Å². The fraction of sp³-hybridized carbons (Fsp3) is 0.176. The first-order valence-corrected chi connectivity index (χ1v) is 6.85. The summed E-state index contributed by atoms with van der Waals surface area (Å²) in [4.78, 5) is 4.63. The van der Waals surface area contributed by atoms with Crippen LogP contribution in [0.2, 0.25) is 0 Å². The molecule has 0 fully saturated rings. The van der Waals surface area contributed by atoms with Gasteiger partial charge in [-0.2, -0.15) is 5.26 Å². The summed E-state index contributed by atoms with van der Waals surface area (Å²) in [7, 11) is 0. The molecule has 0 radical (unpaired) electrons. The van der Waals surface area contributed by atoms with Gasteiger partial charge in [-0.15, -0.1) is 0 Å². The smallest absolute Gasteiger partial charge is 0.123 e. The average Bonchev–Trinajstić information content (AvgIpc) is 2.85. The molecule has 0 aliphatic carbocycles. The summed E-state index contributed by atoms with van der Waals surface area (Å²) in [6.07, 6.45) is 0.644. The highest BCUT2D eigenvalue weighted by Gasteiger charge is 2.10. The van der Waals surface area contributed by atoms with E-state index in [9.17, 15) is 4.39 Å². The van der Waals surface area contributed by atoms with E-state index in [0.717, 1.165) is 29.0 Å². The van der Waals surface area contributed by atoms with Crippen LogP contribution in [-0.2, 0) is 13.0 Å². The van der Waals surface area contributed by atoms with Gasteiger partial charge < -0.3 is 4.57 Å². The summed E-state index contributed by atoms with van der Waals surface area (Å²) in [5.74, 6) is 0.690. The summed E-state index contributed by atoms with van der Waals surface area (Å²) < 4.78 is 15.1. The van der Waals surface area contributed by atoms with Crippen LogP contribution in [0, 0.1) is 17.1 Å². The Balaban J connectivity index is 2.05. The van der Waals surface area contributed by atoms with Crippen LogP contribution in [0.4, 0.5) is 4.39 Å². The molecule has 3 rings (SSSR count). The number of aromatic nitrogens is 2. The quantitative estimate of drug-likeness (QED) is 0.734. The highest BCUT2D eigenvalue weighted by atomic mass is 19.1. The molecule has 1 heterocycles. The van der Waals surface area contributed by atoms with Crippen molar-refractivity contribution in [1.82, 2.24) is 9.55 Å². The van der Waals surface area contributed by atoms with Crippen LogP contribution in [0.15, 0.2) is 42.5 Å². The zero-order chi connectivity index (χ0) is 14.8. The maximum absolute atomic E-state index is 13.0. The van der Waals surface area contributed by atoms with Crippen molar-refractivity contribution in [3.8, 4) is 6.07 Å². The minimum absolute atomic E-state index is 0.235. The molecule has 21 heavy (non-hydrogen) atoms. The molecule has 3 nitrogen and oxygen atoms in total. The first-order valence-electron chi connectivity index (χ1n) is 6.85. The second-order valence-electron chi connectivity index (χ2n) is 4.89. The minimum atomic E-state index is -0.235. The van der Waals surface area contributed by atoms with Crippen LogP contribution in [0.1, 0.15) is 23.9 Å². The lowest BCUT2D eigenvalue weighted by molar-refractivity contribution is 0.627. The molecule has 0 aliphatic heterocycles. The van der Waals surface area contributed by atoms with E-state index in [0.29, 0.717) is 12.0 Å². The summed E-state index contributed by atoms with van der Waals surface area (Å²) in [6.45, 7) is 2.87. The molecule has 0 spiro atoms. The summed E-state index contributed by atoms with van der Waals surface area (Å²) >= 11 is 0. The SMILES string of the molecule is CCn1c(Cc2ccc(F)cc2)nc2cc(C#N)ccc21. The van der Waals surface area contributed by atoms with Crippen LogP contribution >= 0.6 is 0 Å². The van der Waals surface area contributed by atoms with Gasteiger partial charge in [-0.1, -0.05) is 12.1 Å². The fourth-order valence-electron chi connectivity index (χ4n) is 2.52. The van der Waals surface area contributed by atoms with Gasteiger partial charge in [-0.25, -0.2) is 9.37 Å². The number of hydrogen-bond acceptors (Lipinski definition) is 2. The van der Waals surface area contributed by atoms with Crippen LogP contribution < -0.4 is 0 Å². The van der Waals surface area contributed by atoms with Crippen LogP contribution in [0.3, 0.4) is 0 Å². The molecule has 1 aromatic heterocycles. The lowest BCUT2D eigenvalue weighted by Gasteiger charge is -2.06. The van der Waals surface area contributed by atoms with E-state index >= 15 is 0 Å². The Morgan fingerprint density at radius 2 is 1.95 bits per heavy atom. The molecule has 0 amide bonds. The van der Waals surface area contributed by atoms with Gasteiger partial charge in [0.25, 0.3) is 0 Å². The number of nitriles is 1. The normalized spacial score (nSPS) is 10.7. The van der Waals surface area contributed by atoms with Crippen molar-refractivity contribution in [2.24, 2.45) is 0 Å². The number of imidazole rings is 1. The van der Waals surface area contributed by atoms with Gasteiger partial charge in [-0.3, -0.25) is 0 Å². The van der Waals surface area contributed by atoms with Gasteiger partial charge >= 0.3 is 0 Å². The van der Waals surface area contributed by atoms with E-state index in [-0.39, 0.29) is 5.82 Å². The minimum Gasteiger partial charge on any atom is -0.328 e. The number of aryl methyl sites for hydroxylation is 1. The maximum Gasteiger partial charge on any atom is 0.123 e. The van der Waals surface area contributed by atoms with Crippen molar-refractivity contribution in [3.63, 3.8) is 0 Å². The summed E-state index contributed by atoms with van der Waals surface area (Å²) in [6, 6.07) is 14.1. The molecule has 0 saturated carbocycles. The van der Waals surface area contributed by atoms with Crippen molar-refractivity contribution >= 4 is 11.0 Å². The maximum atomic E-state index is 13.0. The molecule has 0 unspecified atom stereocenters. The molecular weight excluding hydrogens is 265 g/mol. The number of fused-ring (bicyclic) bond motifs is 1. The first kappa shape index (κ1) is 13.3. The Kier molecular flexibility index (Phi) is 3.41. The molecule has 3 aromatic rings. The first-order chi connectivity index (χ1) is 10.2. The number of halogens is 1. The Hall–Kier alpha value is -2.67. The average molecular weight is 279 g/mol. The second-order valence-corrected chi connectivity index (χ2v) is 4.89. The van der Waals surface area contributed by atoms with Gasteiger partial charge in [0.05, 0.1) is 22.7 Å². The van der Waals surface area contributed by atoms with E-state index < -0.39 is 0 Å². The highest BCUT2D eigenvalue weighted by Crippen LogP contribution is 2.20. The van der Waals surface area contributed by atoms with Crippen molar-refractivity contribution in [1.29, 1.82) is 5.26 Å². The molecule has 0 saturated heterocycles. The third kappa shape index (κ3) is 2.50. The zero-order valence-corrected chi connectivity index (χ0v) is 11.7. The van der Waals surface area contributed by atoms with Crippen LogP contribution in [0.5, 0.6) is 0 Å². The zero-order valence-electron chi connectivity index (χ0n) is 11.7. The molecule has 0 atom stereocenters. The molecule has 104 valence electrons. The van der Waals surface area contributed by atoms with E-state index in [1.54, 1.807) is 24.3 Å². The van der Waals surface area contributed by atoms with Crippen molar-refractivity contribution in [3.05, 3.63) is 65.2 Å². The second kappa shape index (κ2) is 5.37. The third-order valence-electron chi connectivity index (χ3n) is 3.55. The fourth-order valence-corrected chi connectivity index (χ4v) is 2.52. The van der Waals surface area contributed by atoms with Gasteiger partial charge in [0.15, 0.2) is 0 Å². The standard InChI is InChI=1S/C17H14FN3/c1-2-21-16-8-5-13(11-19)9-15(16)20-17(21)10-12-3-6-14(18)7-4-12/h3-9H,2,10H2,1H3. The van der Waals surface area contributed by atoms with Gasteiger partial charge in [0.1, 0.15) is 11.6 Å². The van der Waals surface area contributed by atoms with Gasteiger partial charge in [-0.05, 0) is 42.8 Å². The Morgan fingerprint density at radius 1 is 1.19 bits per heavy atom. The lowest BCUT2D eigenvalue weighted by atomic mass is 10.1. The predicted octanol–water partition coefficient (Wildman–Crippen LogP) is 3.66. The summed E-state index contributed by atoms with van der Waals surface area (Å²) in [5.41, 5.74) is 3.47. The predicted molar refractivity (Wildman–Crippen MR) is 79.3 cm³/mol. The highest BCUT2D eigenvalue weighted by molar-refractivity contribution is 5.77. The van der Waals surface area contributed by atoms with Crippen molar-refractivity contribution in [2.45, 2.75) is 19.9 Å². The van der Waals surface area contributed by atoms with Crippen LogP contribution in [-0.4, -0.2) is 9.55 Å². The Morgan fingerprint density at radius 3 is 2.62 bits per heavy atom. The topological polar surface area (TPSA) is 41.6 Å². The van der Waals surface area contributed by atoms with Crippen molar-refractivity contribution in [2.75, 3.05) is 0 Å². The van der Waals surface area contributed by atoms with Gasteiger partial charge in [0, 0.05) is 13.0 Å². The van der Waals surface area contributed by atoms with Gasteiger partial charge in [0.2, 0.25) is 0 Å². The molecular formula is C17H14FN3. The largest absolute Gasteiger partial charge is 0.328 e.